The van der Waals surface area contributed by atoms with Crippen LogP contribution in [-0.2, 0) is 14.3 Å². The molecule has 0 bridgehead atoms. The first-order valence-corrected chi connectivity index (χ1v) is 8.85. The Bertz CT molecular complexity index is 1050. The Morgan fingerprint density at radius 1 is 0.862 bits per heavy atom. The topological polar surface area (TPSA) is 82.1 Å². The summed E-state index contributed by atoms with van der Waals surface area (Å²) in [5, 5.41) is 0. The standard InChI is InChI=1S/C22H21NO6/c1-12(24)14-6-8-17-16(10-14)20(22(26)23(17)13(2)25)21(29-5)15-7-9-18(27-3)19(11-15)28-4/h6-11H,1-5H3/b21-20-. The van der Waals surface area contributed by atoms with Gasteiger partial charge >= 0.3 is 0 Å². The Kier molecular flexibility index (Phi) is 5.41. The van der Waals surface area contributed by atoms with E-state index in [2.05, 4.69) is 0 Å². The zero-order valence-electron chi connectivity index (χ0n) is 16.9. The lowest BCUT2D eigenvalue weighted by Gasteiger charge is -2.14. The molecule has 1 aliphatic rings. The van der Waals surface area contributed by atoms with E-state index in [9.17, 15) is 14.4 Å². The summed E-state index contributed by atoms with van der Waals surface area (Å²) in [4.78, 5) is 38.3. The molecule has 3 rings (SSSR count). The number of carbonyl (C=O) groups excluding carboxylic acids is 3. The van der Waals surface area contributed by atoms with E-state index in [0.29, 0.717) is 33.9 Å². The first-order chi connectivity index (χ1) is 13.8. The maximum atomic E-state index is 13.2. The fourth-order valence-electron chi connectivity index (χ4n) is 3.36. The van der Waals surface area contributed by atoms with E-state index < -0.39 is 11.8 Å². The molecule has 0 unspecified atom stereocenters. The zero-order valence-corrected chi connectivity index (χ0v) is 16.9. The number of anilines is 1. The molecule has 2 aromatic carbocycles. The van der Waals surface area contributed by atoms with Crippen molar-refractivity contribution in [3.63, 3.8) is 0 Å². The van der Waals surface area contributed by atoms with Gasteiger partial charge in [0.25, 0.3) is 5.91 Å². The number of hydrogen-bond donors (Lipinski definition) is 0. The predicted octanol–water partition coefficient (Wildman–Crippen LogP) is 3.31. The van der Waals surface area contributed by atoms with Gasteiger partial charge in [0.15, 0.2) is 17.3 Å². The third kappa shape index (κ3) is 3.35. The highest BCUT2D eigenvalue weighted by Gasteiger charge is 2.38. The first kappa shape index (κ1) is 20.1. The highest BCUT2D eigenvalue weighted by atomic mass is 16.5. The Morgan fingerprint density at radius 2 is 1.52 bits per heavy atom. The Balaban J connectivity index is 2.31. The lowest BCUT2D eigenvalue weighted by molar-refractivity contribution is -0.122. The summed E-state index contributed by atoms with van der Waals surface area (Å²) in [5.74, 6) is 0.169. The van der Waals surface area contributed by atoms with Crippen LogP contribution in [0.5, 0.6) is 11.5 Å². The number of rotatable bonds is 5. The minimum absolute atomic E-state index is 0.147. The number of carbonyl (C=O) groups is 3. The molecular formula is C22H21NO6. The molecule has 0 saturated heterocycles. The number of hydrogen-bond acceptors (Lipinski definition) is 6. The minimum Gasteiger partial charge on any atom is -0.495 e. The summed E-state index contributed by atoms with van der Waals surface area (Å²) in [6, 6.07) is 9.90. The molecule has 7 nitrogen and oxygen atoms in total. The zero-order chi connectivity index (χ0) is 21.3. The summed E-state index contributed by atoms with van der Waals surface area (Å²) in [5.41, 5.74) is 2.08. The number of Topliss-reactive ketones (excluding diaryl/α,β-unsaturated/α-hetero) is 1. The number of ketones is 1. The van der Waals surface area contributed by atoms with Gasteiger partial charge in [-0.05, 0) is 43.3 Å². The van der Waals surface area contributed by atoms with Crippen LogP contribution >= 0.6 is 0 Å². The first-order valence-electron chi connectivity index (χ1n) is 8.85. The average molecular weight is 395 g/mol. The van der Waals surface area contributed by atoms with Gasteiger partial charge in [-0.25, -0.2) is 4.90 Å². The van der Waals surface area contributed by atoms with E-state index in [4.69, 9.17) is 14.2 Å². The molecule has 0 aliphatic carbocycles. The molecule has 1 heterocycles. The molecule has 0 atom stereocenters. The molecule has 2 aromatic rings. The Morgan fingerprint density at radius 3 is 2.07 bits per heavy atom. The maximum absolute atomic E-state index is 13.2. The van der Waals surface area contributed by atoms with Crippen LogP contribution in [-0.4, -0.2) is 38.9 Å². The molecule has 0 spiro atoms. The lowest BCUT2D eigenvalue weighted by atomic mass is 9.99. The van der Waals surface area contributed by atoms with Crippen molar-refractivity contribution >= 4 is 34.6 Å². The second-order valence-electron chi connectivity index (χ2n) is 6.43. The van der Waals surface area contributed by atoms with Crippen molar-refractivity contribution in [1.82, 2.24) is 0 Å². The molecule has 150 valence electrons. The van der Waals surface area contributed by atoms with Gasteiger partial charge in [0, 0.05) is 23.6 Å². The van der Waals surface area contributed by atoms with Crippen molar-refractivity contribution in [2.45, 2.75) is 13.8 Å². The van der Waals surface area contributed by atoms with Gasteiger partial charge in [0.1, 0.15) is 5.76 Å². The summed E-state index contributed by atoms with van der Waals surface area (Å²) in [6.07, 6.45) is 0. The normalized spacial score (nSPS) is 14.4. The van der Waals surface area contributed by atoms with Crippen LogP contribution in [0.4, 0.5) is 5.69 Å². The fourth-order valence-corrected chi connectivity index (χ4v) is 3.36. The summed E-state index contributed by atoms with van der Waals surface area (Å²) < 4.78 is 16.2. The monoisotopic (exact) mass is 395 g/mol. The quantitative estimate of drug-likeness (QED) is 0.439. The van der Waals surface area contributed by atoms with Crippen LogP contribution in [0.25, 0.3) is 11.3 Å². The van der Waals surface area contributed by atoms with Gasteiger partial charge in [-0.15, -0.1) is 0 Å². The molecule has 7 heteroatoms. The van der Waals surface area contributed by atoms with Crippen LogP contribution in [0.2, 0.25) is 0 Å². The third-order valence-corrected chi connectivity index (χ3v) is 4.72. The molecule has 2 amide bonds. The van der Waals surface area contributed by atoms with Gasteiger partial charge in [-0.2, -0.15) is 0 Å². The smallest absolute Gasteiger partial charge is 0.269 e. The summed E-state index contributed by atoms with van der Waals surface area (Å²) in [6.45, 7) is 2.75. The van der Waals surface area contributed by atoms with Crippen molar-refractivity contribution in [2.24, 2.45) is 0 Å². The van der Waals surface area contributed by atoms with Crippen molar-refractivity contribution in [1.29, 1.82) is 0 Å². The number of nitrogens with zero attached hydrogens (tertiary/aromatic N) is 1. The molecular weight excluding hydrogens is 374 g/mol. The highest BCUT2D eigenvalue weighted by Crippen LogP contribution is 2.42. The number of ether oxygens (including phenoxy) is 3. The largest absolute Gasteiger partial charge is 0.495 e. The molecule has 0 N–H and O–H groups in total. The van der Waals surface area contributed by atoms with Gasteiger partial charge in [-0.1, -0.05) is 0 Å². The van der Waals surface area contributed by atoms with Crippen LogP contribution in [0.3, 0.4) is 0 Å². The van der Waals surface area contributed by atoms with Gasteiger partial charge in [0.05, 0.1) is 32.6 Å². The van der Waals surface area contributed by atoms with Crippen molar-refractivity contribution < 1.29 is 28.6 Å². The third-order valence-electron chi connectivity index (χ3n) is 4.72. The number of imide groups is 1. The Hall–Kier alpha value is -3.61. The number of benzene rings is 2. The van der Waals surface area contributed by atoms with Crippen molar-refractivity contribution in [3.05, 3.63) is 53.1 Å². The Labute approximate surface area is 168 Å². The minimum atomic E-state index is -0.514. The number of fused-ring (bicyclic) bond motifs is 1. The molecule has 0 aromatic heterocycles. The number of methoxy groups -OCH3 is 3. The summed E-state index contributed by atoms with van der Waals surface area (Å²) in [7, 11) is 4.48. The van der Waals surface area contributed by atoms with Gasteiger partial charge < -0.3 is 14.2 Å². The van der Waals surface area contributed by atoms with Crippen molar-refractivity contribution in [2.75, 3.05) is 26.2 Å². The lowest BCUT2D eigenvalue weighted by Crippen LogP contribution is -2.31. The predicted molar refractivity (Wildman–Crippen MR) is 108 cm³/mol. The molecule has 1 aliphatic heterocycles. The molecule has 0 radical (unpaired) electrons. The van der Waals surface area contributed by atoms with E-state index in [0.717, 1.165) is 4.90 Å². The van der Waals surface area contributed by atoms with E-state index in [1.165, 1.54) is 35.2 Å². The molecule has 0 saturated carbocycles. The van der Waals surface area contributed by atoms with E-state index >= 15 is 0 Å². The van der Waals surface area contributed by atoms with E-state index in [1.807, 2.05) is 0 Å². The average Bonchev–Trinajstić information content (AvgIpc) is 2.99. The van der Waals surface area contributed by atoms with Crippen LogP contribution < -0.4 is 14.4 Å². The van der Waals surface area contributed by atoms with Crippen LogP contribution in [0.1, 0.15) is 35.3 Å². The van der Waals surface area contributed by atoms with Crippen LogP contribution in [0, 0.1) is 0 Å². The molecule has 0 fully saturated rings. The van der Waals surface area contributed by atoms with E-state index in [1.54, 1.807) is 36.4 Å². The fraction of sp³-hybridized carbons (Fsp3) is 0.227. The maximum Gasteiger partial charge on any atom is 0.269 e. The summed E-state index contributed by atoms with van der Waals surface area (Å²) >= 11 is 0. The van der Waals surface area contributed by atoms with Gasteiger partial charge in [0.2, 0.25) is 5.91 Å². The van der Waals surface area contributed by atoms with Crippen LogP contribution in [0.15, 0.2) is 36.4 Å². The molecule has 29 heavy (non-hydrogen) atoms. The van der Waals surface area contributed by atoms with Gasteiger partial charge in [-0.3, -0.25) is 14.4 Å². The second kappa shape index (κ2) is 7.79. The van der Waals surface area contributed by atoms with Crippen molar-refractivity contribution in [3.8, 4) is 11.5 Å². The number of amides is 2. The SMILES string of the molecule is CO/C(=C1\C(=O)N(C(C)=O)c2ccc(C(C)=O)cc21)c1ccc(OC)c(OC)c1. The van der Waals surface area contributed by atoms with E-state index in [-0.39, 0.29) is 17.1 Å². The second-order valence-corrected chi connectivity index (χ2v) is 6.43. The highest BCUT2D eigenvalue weighted by molar-refractivity contribution is 6.43.